The van der Waals surface area contributed by atoms with E-state index in [1.807, 2.05) is 60.7 Å². The van der Waals surface area contributed by atoms with E-state index in [4.69, 9.17) is 0 Å². The summed E-state index contributed by atoms with van der Waals surface area (Å²) in [4.78, 5) is 11.5. The lowest BCUT2D eigenvalue weighted by molar-refractivity contribution is -0.146. The standard InChI is InChI=1S/C17H16O2/c18-17(19)16-14(12-7-3-1-4-8-12)11-15(16)13-9-5-2-6-10-13/h1-10,14-16H,11H2,(H,18,19)/t14-,15-/m0/s1. The Bertz CT molecular complexity index is 517. The Morgan fingerprint density at radius 1 is 0.842 bits per heavy atom. The van der Waals surface area contributed by atoms with Gasteiger partial charge in [0.05, 0.1) is 5.92 Å². The first-order chi connectivity index (χ1) is 9.27. The zero-order valence-corrected chi connectivity index (χ0v) is 10.6. The summed E-state index contributed by atoms with van der Waals surface area (Å²) < 4.78 is 0. The van der Waals surface area contributed by atoms with Crippen LogP contribution in [-0.4, -0.2) is 11.1 Å². The van der Waals surface area contributed by atoms with Crippen molar-refractivity contribution in [3.63, 3.8) is 0 Å². The van der Waals surface area contributed by atoms with Gasteiger partial charge in [-0.15, -0.1) is 0 Å². The highest BCUT2D eigenvalue weighted by molar-refractivity contribution is 5.74. The van der Waals surface area contributed by atoms with Gasteiger partial charge in [0.1, 0.15) is 0 Å². The maximum Gasteiger partial charge on any atom is 0.307 e. The molecule has 19 heavy (non-hydrogen) atoms. The first kappa shape index (κ1) is 12.0. The fourth-order valence-corrected chi connectivity index (χ4v) is 3.08. The Balaban J connectivity index is 1.86. The maximum absolute atomic E-state index is 11.5. The minimum atomic E-state index is -0.686. The molecule has 0 spiro atoms. The summed E-state index contributed by atoms with van der Waals surface area (Å²) in [7, 11) is 0. The van der Waals surface area contributed by atoms with Gasteiger partial charge in [-0.3, -0.25) is 4.79 Å². The van der Waals surface area contributed by atoms with Crippen molar-refractivity contribution < 1.29 is 9.90 Å². The molecule has 96 valence electrons. The van der Waals surface area contributed by atoms with Crippen molar-refractivity contribution in [1.82, 2.24) is 0 Å². The summed E-state index contributed by atoms with van der Waals surface area (Å²) in [6, 6.07) is 20.0. The lowest BCUT2D eigenvalue weighted by Gasteiger charge is -2.42. The van der Waals surface area contributed by atoms with Crippen molar-refractivity contribution in [3.05, 3.63) is 71.8 Å². The average Bonchev–Trinajstić information content (AvgIpc) is 2.39. The Hall–Kier alpha value is -2.09. The smallest absolute Gasteiger partial charge is 0.307 e. The second-order valence-corrected chi connectivity index (χ2v) is 5.13. The third-order valence-electron chi connectivity index (χ3n) is 4.12. The van der Waals surface area contributed by atoms with Crippen molar-refractivity contribution in [1.29, 1.82) is 0 Å². The van der Waals surface area contributed by atoms with Gasteiger partial charge in [0, 0.05) is 0 Å². The molecule has 1 aliphatic rings. The zero-order chi connectivity index (χ0) is 13.2. The number of rotatable bonds is 3. The van der Waals surface area contributed by atoms with E-state index in [1.165, 1.54) is 0 Å². The number of benzene rings is 2. The van der Waals surface area contributed by atoms with Crippen molar-refractivity contribution in [2.75, 3.05) is 0 Å². The third-order valence-corrected chi connectivity index (χ3v) is 4.12. The third kappa shape index (κ3) is 2.14. The predicted molar refractivity (Wildman–Crippen MR) is 74.1 cm³/mol. The van der Waals surface area contributed by atoms with Crippen LogP contribution < -0.4 is 0 Å². The van der Waals surface area contributed by atoms with Crippen LogP contribution in [0.15, 0.2) is 60.7 Å². The summed E-state index contributed by atoms with van der Waals surface area (Å²) in [6.45, 7) is 0. The van der Waals surface area contributed by atoms with E-state index in [0.717, 1.165) is 17.5 Å². The van der Waals surface area contributed by atoms with E-state index in [-0.39, 0.29) is 17.8 Å². The second-order valence-electron chi connectivity index (χ2n) is 5.13. The number of carbonyl (C=O) groups is 1. The van der Waals surface area contributed by atoms with E-state index < -0.39 is 5.97 Å². The van der Waals surface area contributed by atoms with Gasteiger partial charge < -0.3 is 5.11 Å². The van der Waals surface area contributed by atoms with Gasteiger partial charge >= 0.3 is 5.97 Å². The Morgan fingerprint density at radius 2 is 1.26 bits per heavy atom. The van der Waals surface area contributed by atoms with Gasteiger partial charge in [0.25, 0.3) is 0 Å². The van der Waals surface area contributed by atoms with Gasteiger partial charge in [-0.25, -0.2) is 0 Å². The van der Waals surface area contributed by atoms with Gasteiger partial charge in [0.2, 0.25) is 0 Å². The molecular formula is C17H16O2. The molecule has 2 heteroatoms. The molecule has 2 aromatic rings. The van der Waals surface area contributed by atoms with Crippen LogP contribution in [0.5, 0.6) is 0 Å². The molecule has 3 rings (SSSR count). The van der Waals surface area contributed by atoms with E-state index in [1.54, 1.807) is 0 Å². The number of aliphatic carboxylic acids is 1. The quantitative estimate of drug-likeness (QED) is 0.905. The summed E-state index contributed by atoms with van der Waals surface area (Å²) in [5.41, 5.74) is 2.28. The minimum absolute atomic E-state index is 0.143. The highest BCUT2D eigenvalue weighted by Crippen LogP contribution is 2.52. The molecule has 1 aliphatic carbocycles. The van der Waals surface area contributed by atoms with Gasteiger partial charge in [-0.2, -0.15) is 0 Å². The van der Waals surface area contributed by atoms with Crippen LogP contribution >= 0.6 is 0 Å². The van der Waals surface area contributed by atoms with Gasteiger partial charge in [0.15, 0.2) is 0 Å². The molecule has 1 saturated carbocycles. The van der Waals surface area contributed by atoms with Gasteiger partial charge in [-0.05, 0) is 29.4 Å². The molecule has 0 aliphatic heterocycles. The molecule has 0 aromatic heterocycles. The molecule has 0 bridgehead atoms. The largest absolute Gasteiger partial charge is 0.481 e. The number of carboxylic acid groups (broad SMARTS) is 1. The van der Waals surface area contributed by atoms with Crippen molar-refractivity contribution in [2.45, 2.75) is 18.3 Å². The summed E-state index contributed by atoms with van der Waals surface area (Å²) in [6.07, 6.45) is 0.922. The molecule has 0 heterocycles. The molecule has 2 nitrogen and oxygen atoms in total. The number of hydrogen-bond donors (Lipinski definition) is 1. The summed E-state index contributed by atoms with van der Waals surface area (Å²) in [5.74, 6) is -0.702. The van der Waals surface area contributed by atoms with E-state index >= 15 is 0 Å². The monoisotopic (exact) mass is 252 g/mol. The predicted octanol–water partition coefficient (Wildman–Crippen LogP) is 3.66. The summed E-state index contributed by atoms with van der Waals surface area (Å²) in [5, 5.41) is 9.50. The zero-order valence-electron chi connectivity index (χ0n) is 10.6. The van der Waals surface area contributed by atoms with Crippen LogP contribution in [0.4, 0.5) is 0 Å². The van der Waals surface area contributed by atoms with Crippen LogP contribution in [0.25, 0.3) is 0 Å². The second kappa shape index (κ2) is 4.88. The highest BCUT2D eigenvalue weighted by atomic mass is 16.4. The fourth-order valence-electron chi connectivity index (χ4n) is 3.08. The Morgan fingerprint density at radius 3 is 1.63 bits per heavy atom. The fraction of sp³-hybridized carbons (Fsp3) is 0.235. The van der Waals surface area contributed by atoms with Crippen LogP contribution in [0.3, 0.4) is 0 Å². The summed E-state index contributed by atoms with van der Waals surface area (Å²) >= 11 is 0. The highest BCUT2D eigenvalue weighted by Gasteiger charge is 2.46. The van der Waals surface area contributed by atoms with Crippen LogP contribution in [0.1, 0.15) is 29.4 Å². The number of hydrogen-bond acceptors (Lipinski definition) is 1. The van der Waals surface area contributed by atoms with Crippen molar-refractivity contribution in [3.8, 4) is 0 Å². The van der Waals surface area contributed by atoms with E-state index in [2.05, 4.69) is 0 Å². The lowest BCUT2D eigenvalue weighted by Crippen LogP contribution is -2.38. The van der Waals surface area contributed by atoms with Crippen LogP contribution in [0, 0.1) is 5.92 Å². The van der Waals surface area contributed by atoms with Gasteiger partial charge in [-0.1, -0.05) is 60.7 Å². The molecule has 0 unspecified atom stereocenters. The normalized spacial score (nSPS) is 22.7. The molecule has 0 saturated heterocycles. The van der Waals surface area contributed by atoms with Crippen molar-refractivity contribution in [2.24, 2.45) is 5.92 Å². The Labute approximate surface area is 112 Å². The molecule has 2 aromatic carbocycles. The first-order valence-electron chi connectivity index (χ1n) is 6.60. The van der Waals surface area contributed by atoms with Crippen molar-refractivity contribution >= 4 is 5.97 Å². The molecular weight excluding hydrogens is 236 g/mol. The van der Waals surface area contributed by atoms with E-state index in [0.29, 0.717) is 0 Å². The minimum Gasteiger partial charge on any atom is -0.481 e. The molecule has 2 atom stereocenters. The first-order valence-corrected chi connectivity index (χ1v) is 6.60. The molecule has 1 fully saturated rings. The lowest BCUT2D eigenvalue weighted by atomic mass is 9.60. The number of carboxylic acids is 1. The Kier molecular flexibility index (Phi) is 3.08. The molecule has 0 radical (unpaired) electrons. The average molecular weight is 252 g/mol. The molecule has 0 amide bonds. The topological polar surface area (TPSA) is 37.3 Å². The van der Waals surface area contributed by atoms with Crippen LogP contribution in [-0.2, 0) is 4.79 Å². The SMILES string of the molecule is O=C(O)C1[C@H](c2ccccc2)C[C@H]1c1ccccc1. The maximum atomic E-state index is 11.5. The van der Waals surface area contributed by atoms with E-state index in [9.17, 15) is 9.90 Å². The van der Waals surface area contributed by atoms with Crippen LogP contribution in [0.2, 0.25) is 0 Å². The molecule has 1 N–H and O–H groups in total.